The number of nitrogens with one attached hydrogen (secondary N) is 2. The van der Waals surface area contributed by atoms with E-state index in [9.17, 15) is 8.42 Å². The second-order valence-corrected chi connectivity index (χ2v) is 7.46. The summed E-state index contributed by atoms with van der Waals surface area (Å²) in [6, 6.07) is -0.454. The predicted octanol–water partition coefficient (Wildman–Crippen LogP) is 0.944. The molecule has 9 heteroatoms. The summed E-state index contributed by atoms with van der Waals surface area (Å²) in [5, 5.41) is 12.6. The Hall–Kier alpha value is -1.29. The zero-order valence-electron chi connectivity index (χ0n) is 12.4. The zero-order chi connectivity index (χ0) is 15.6. The highest BCUT2D eigenvalue weighted by molar-refractivity contribution is 7.89. The number of thiophene rings is 1. The fourth-order valence-electron chi connectivity index (χ4n) is 2.16. The molecule has 2 N–H and O–H groups in total. The molecule has 21 heavy (non-hydrogen) atoms. The van der Waals surface area contributed by atoms with Crippen LogP contribution in [0.15, 0.2) is 16.6 Å². The van der Waals surface area contributed by atoms with E-state index in [1.54, 1.807) is 38.8 Å². The first-order chi connectivity index (χ1) is 9.86. The second kappa shape index (κ2) is 6.22. The molecule has 0 spiro atoms. The van der Waals surface area contributed by atoms with E-state index in [0.717, 1.165) is 10.4 Å². The summed E-state index contributed by atoms with van der Waals surface area (Å²) >= 11 is 1.44. The van der Waals surface area contributed by atoms with Gasteiger partial charge in [-0.2, -0.15) is 0 Å². The van der Waals surface area contributed by atoms with Gasteiger partial charge in [0.1, 0.15) is 17.0 Å². The van der Waals surface area contributed by atoms with Gasteiger partial charge in [-0.25, -0.2) is 13.1 Å². The Bertz CT molecular complexity index is 720. The highest BCUT2D eigenvalue weighted by Crippen LogP contribution is 2.27. The van der Waals surface area contributed by atoms with Crippen molar-refractivity contribution < 1.29 is 8.42 Å². The van der Waals surface area contributed by atoms with Crippen LogP contribution in [0.1, 0.15) is 29.2 Å². The molecule has 0 aliphatic heterocycles. The van der Waals surface area contributed by atoms with Crippen LogP contribution in [0.2, 0.25) is 0 Å². The lowest BCUT2D eigenvalue weighted by molar-refractivity contribution is 0.552. The molecule has 0 radical (unpaired) electrons. The smallest absolute Gasteiger partial charge is 0.242 e. The molecule has 7 nitrogen and oxygen atoms in total. The molecule has 0 aromatic carbocycles. The third-order valence-corrected chi connectivity index (χ3v) is 6.06. The predicted molar refractivity (Wildman–Crippen MR) is 81.6 cm³/mol. The van der Waals surface area contributed by atoms with E-state index in [2.05, 4.69) is 20.2 Å². The van der Waals surface area contributed by atoms with Crippen LogP contribution in [0.25, 0.3) is 0 Å². The number of aromatic nitrogens is 3. The molecule has 2 heterocycles. The van der Waals surface area contributed by atoms with Crippen LogP contribution in [-0.4, -0.2) is 30.2 Å². The van der Waals surface area contributed by atoms with Gasteiger partial charge in [0.15, 0.2) is 0 Å². The third-order valence-electron chi connectivity index (χ3n) is 3.06. The van der Waals surface area contributed by atoms with Gasteiger partial charge in [0.2, 0.25) is 10.0 Å². The largest absolute Gasteiger partial charge is 0.319 e. The first-order valence-corrected chi connectivity index (χ1v) is 8.81. The molecule has 0 saturated carbocycles. The van der Waals surface area contributed by atoms with E-state index in [0.29, 0.717) is 17.3 Å². The van der Waals surface area contributed by atoms with Gasteiger partial charge in [-0.1, -0.05) is 0 Å². The van der Waals surface area contributed by atoms with E-state index in [1.807, 2.05) is 5.38 Å². The minimum atomic E-state index is -3.60. The maximum atomic E-state index is 12.6. The van der Waals surface area contributed by atoms with Gasteiger partial charge in [0.05, 0.1) is 6.04 Å². The quantitative estimate of drug-likeness (QED) is 0.823. The second-order valence-electron chi connectivity index (χ2n) is 4.84. The molecule has 0 saturated heterocycles. The highest BCUT2D eigenvalue weighted by Gasteiger charge is 2.26. The number of hydrogen-bond acceptors (Lipinski definition) is 6. The van der Waals surface area contributed by atoms with Crippen molar-refractivity contribution in [2.75, 3.05) is 7.05 Å². The molecule has 0 fully saturated rings. The van der Waals surface area contributed by atoms with Crippen molar-refractivity contribution in [2.24, 2.45) is 7.05 Å². The van der Waals surface area contributed by atoms with Gasteiger partial charge in [0.25, 0.3) is 0 Å². The summed E-state index contributed by atoms with van der Waals surface area (Å²) in [6.45, 7) is 4.07. The third kappa shape index (κ3) is 3.31. The van der Waals surface area contributed by atoms with E-state index in [1.165, 1.54) is 11.3 Å². The maximum absolute atomic E-state index is 12.6. The standard InChI is InChI=1S/C12H19N5O2S2/c1-8-6-20-10(5-13-3)11(8)21(18,19)16-9(2)12-15-14-7-17(12)4/h6-7,9,13,16H,5H2,1-4H3. The van der Waals surface area contributed by atoms with Gasteiger partial charge in [-0.15, -0.1) is 21.5 Å². The number of nitrogens with zero attached hydrogens (tertiary/aromatic N) is 3. The van der Waals surface area contributed by atoms with Crippen molar-refractivity contribution in [3.63, 3.8) is 0 Å². The van der Waals surface area contributed by atoms with Crippen LogP contribution in [-0.2, 0) is 23.6 Å². The van der Waals surface area contributed by atoms with Crippen LogP contribution >= 0.6 is 11.3 Å². The molecule has 0 aliphatic carbocycles. The molecule has 0 amide bonds. The fraction of sp³-hybridized carbons (Fsp3) is 0.500. The Morgan fingerprint density at radius 2 is 2.19 bits per heavy atom. The Morgan fingerprint density at radius 1 is 1.48 bits per heavy atom. The van der Waals surface area contributed by atoms with Crippen LogP contribution in [0.4, 0.5) is 0 Å². The minimum Gasteiger partial charge on any atom is -0.319 e. The molecule has 1 atom stereocenters. The summed E-state index contributed by atoms with van der Waals surface area (Å²) in [4.78, 5) is 1.16. The topological polar surface area (TPSA) is 88.9 Å². The molecular formula is C12H19N5O2S2. The van der Waals surface area contributed by atoms with Gasteiger partial charge < -0.3 is 9.88 Å². The van der Waals surface area contributed by atoms with Gasteiger partial charge >= 0.3 is 0 Å². The van der Waals surface area contributed by atoms with E-state index < -0.39 is 16.1 Å². The SMILES string of the molecule is CNCc1scc(C)c1S(=O)(=O)NC(C)c1nncn1C. The van der Waals surface area contributed by atoms with Crippen molar-refractivity contribution in [3.05, 3.63) is 28.0 Å². The summed E-state index contributed by atoms with van der Waals surface area (Å²) in [6.07, 6.45) is 1.54. The van der Waals surface area contributed by atoms with Crippen molar-refractivity contribution in [3.8, 4) is 0 Å². The van der Waals surface area contributed by atoms with Crippen molar-refractivity contribution >= 4 is 21.4 Å². The van der Waals surface area contributed by atoms with Gasteiger partial charge in [0, 0.05) is 18.5 Å². The molecule has 0 aliphatic rings. The minimum absolute atomic E-state index is 0.357. The van der Waals surface area contributed by atoms with Crippen molar-refractivity contribution in [1.29, 1.82) is 0 Å². The fourth-order valence-corrected chi connectivity index (χ4v) is 5.18. The van der Waals surface area contributed by atoms with E-state index in [-0.39, 0.29) is 0 Å². The molecular weight excluding hydrogens is 310 g/mol. The monoisotopic (exact) mass is 329 g/mol. The lowest BCUT2D eigenvalue weighted by Gasteiger charge is -2.14. The molecule has 2 aromatic rings. The lowest BCUT2D eigenvalue weighted by Crippen LogP contribution is -2.29. The first-order valence-electron chi connectivity index (χ1n) is 6.44. The van der Waals surface area contributed by atoms with Gasteiger partial charge in [-0.3, -0.25) is 0 Å². The Labute approximate surface area is 128 Å². The summed E-state index contributed by atoms with van der Waals surface area (Å²) in [7, 11) is -0.0303. The van der Waals surface area contributed by atoms with Crippen LogP contribution in [0.3, 0.4) is 0 Å². The summed E-state index contributed by atoms with van der Waals surface area (Å²) in [5.74, 6) is 0.571. The molecule has 1 unspecified atom stereocenters. The zero-order valence-corrected chi connectivity index (χ0v) is 14.0. The molecule has 0 bridgehead atoms. The Kier molecular flexibility index (Phi) is 4.77. The average Bonchev–Trinajstić information content (AvgIpc) is 2.96. The summed E-state index contributed by atoms with van der Waals surface area (Å²) in [5.41, 5.74) is 0.753. The molecule has 116 valence electrons. The van der Waals surface area contributed by atoms with Crippen molar-refractivity contribution in [2.45, 2.75) is 31.3 Å². The van der Waals surface area contributed by atoms with Crippen molar-refractivity contribution in [1.82, 2.24) is 24.8 Å². The molecule has 2 rings (SSSR count). The van der Waals surface area contributed by atoms with Crippen LogP contribution in [0.5, 0.6) is 0 Å². The molecule has 2 aromatic heterocycles. The number of hydrogen-bond donors (Lipinski definition) is 2. The van der Waals surface area contributed by atoms with Gasteiger partial charge in [-0.05, 0) is 31.8 Å². The Balaban J connectivity index is 2.31. The Morgan fingerprint density at radius 3 is 2.76 bits per heavy atom. The lowest BCUT2D eigenvalue weighted by atomic mass is 10.3. The normalized spacial score (nSPS) is 13.5. The number of aryl methyl sites for hydroxylation is 2. The van der Waals surface area contributed by atoms with Crippen LogP contribution in [0, 0.1) is 6.92 Å². The van der Waals surface area contributed by atoms with E-state index in [4.69, 9.17) is 0 Å². The van der Waals surface area contributed by atoms with E-state index >= 15 is 0 Å². The highest BCUT2D eigenvalue weighted by atomic mass is 32.2. The first kappa shape index (κ1) is 16.1. The van der Waals surface area contributed by atoms with Crippen LogP contribution < -0.4 is 10.0 Å². The number of sulfonamides is 1. The summed E-state index contributed by atoms with van der Waals surface area (Å²) < 4.78 is 29.6. The number of rotatable bonds is 6. The maximum Gasteiger partial charge on any atom is 0.242 e. The average molecular weight is 329 g/mol.